The Labute approximate surface area is 189 Å². The van der Waals surface area contributed by atoms with Gasteiger partial charge in [-0.05, 0) is 49.1 Å². The molecule has 1 heterocycles. The van der Waals surface area contributed by atoms with Crippen molar-refractivity contribution in [2.24, 2.45) is 4.99 Å². The SMILES string of the molecule is CN=C(NCCCc1nc2ccccc2[nH]1)NCCc1ccc(C)c(OC)c1.I. The standard InChI is InChI=1S/C22H29N5O.HI/c1-16-10-11-17(15-20(16)28-3)12-14-25-22(23-2)24-13-6-9-21-26-18-7-4-5-8-19(18)27-21;/h4-5,7-8,10-11,15H,6,9,12-14H2,1-3H3,(H,26,27)(H2,23,24,25);1H. The lowest BCUT2D eigenvalue weighted by molar-refractivity contribution is 0.411. The van der Waals surface area contributed by atoms with Gasteiger partial charge in [0, 0.05) is 26.6 Å². The Morgan fingerprint density at radius 1 is 1.10 bits per heavy atom. The fourth-order valence-electron chi connectivity index (χ4n) is 3.15. The normalized spacial score (nSPS) is 11.2. The third-order valence-corrected chi connectivity index (χ3v) is 4.72. The molecule has 0 saturated carbocycles. The molecule has 3 N–H and O–H groups in total. The Morgan fingerprint density at radius 3 is 2.66 bits per heavy atom. The number of H-pyrrole nitrogens is 1. The van der Waals surface area contributed by atoms with Gasteiger partial charge in [0.25, 0.3) is 0 Å². The number of para-hydroxylation sites is 2. The number of hydrogen-bond donors (Lipinski definition) is 3. The quantitative estimate of drug-likeness (QED) is 0.188. The number of hydrogen-bond acceptors (Lipinski definition) is 3. The van der Waals surface area contributed by atoms with Crippen molar-refractivity contribution in [1.29, 1.82) is 0 Å². The third-order valence-electron chi connectivity index (χ3n) is 4.72. The predicted molar refractivity (Wildman–Crippen MR) is 131 cm³/mol. The van der Waals surface area contributed by atoms with Crippen LogP contribution in [0.25, 0.3) is 11.0 Å². The fraction of sp³-hybridized carbons (Fsp3) is 0.364. The molecule has 6 nitrogen and oxygen atoms in total. The topological polar surface area (TPSA) is 74.3 Å². The largest absolute Gasteiger partial charge is 0.496 e. The van der Waals surface area contributed by atoms with E-state index in [9.17, 15) is 0 Å². The van der Waals surface area contributed by atoms with E-state index in [0.29, 0.717) is 0 Å². The first kappa shape index (κ1) is 23.0. The molecule has 0 atom stereocenters. The maximum Gasteiger partial charge on any atom is 0.190 e. The summed E-state index contributed by atoms with van der Waals surface area (Å²) >= 11 is 0. The van der Waals surface area contributed by atoms with Crippen LogP contribution in [0.15, 0.2) is 47.5 Å². The van der Waals surface area contributed by atoms with E-state index >= 15 is 0 Å². The second-order valence-electron chi connectivity index (χ2n) is 6.78. The maximum absolute atomic E-state index is 5.39. The van der Waals surface area contributed by atoms with Crippen molar-refractivity contribution in [1.82, 2.24) is 20.6 Å². The number of guanidine groups is 1. The van der Waals surface area contributed by atoms with Gasteiger partial charge in [0.2, 0.25) is 0 Å². The summed E-state index contributed by atoms with van der Waals surface area (Å²) in [4.78, 5) is 12.3. The first-order valence-corrected chi connectivity index (χ1v) is 9.71. The van der Waals surface area contributed by atoms with Crippen LogP contribution in [-0.4, -0.2) is 43.2 Å². The molecule has 0 aliphatic rings. The molecule has 7 heteroatoms. The molecule has 2 aromatic carbocycles. The zero-order valence-electron chi connectivity index (χ0n) is 17.3. The first-order valence-electron chi connectivity index (χ1n) is 9.71. The molecule has 3 rings (SSSR count). The van der Waals surface area contributed by atoms with E-state index in [1.807, 2.05) is 18.2 Å². The second kappa shape index (κ2) is 11.6. The average molecular weight is 507 g/mol. The van der Waals surface area contributed by atoms with Crippen LogP contribution in [0.5, 0.6) is 5.75 Å². The molecule has 0 radical (unpaired) electrons. The van der Waals surface area contributed by atoms with Crippen molar-refractivity contribution >= 4 is 41.0 Å². The van der Waals surface area contributed by atoms with Gasteiger partial charge in [-0.25, -0.2) is 4.98 Å². The van der Waals surface area contributed by atoms with E-state index in [-0.39, 0.29) is 24.0 Å². The van der Waals surface area contributed by atoms with Crippen LogP contribution >= 0.6 is 24.0 Å². The van der Waals surface area contributed by atoms with Gasteiger partial charge in [0.1, 0.15) is 11.6 Å². The van der Waals surface area contributed by atoms with E-state index < -0.39 is 0 Å². The zero-order chi connectivity index (χ0) is 19.8. The Kier molecular flexibility index (Phi) is 9.24. The highest BCUT2D eigenvalue weighted by atomic mass is 127. The Hall–Kier alpha value is -2.29. The highest BCUT2D eigenvalue weighted by Crippen LogP contribution is 2.19. The van der Waals surface area contributed by atoms with Crippen LogP contribution in [0, 0.1) is 6.92 Å². The molecule has 1 aromatic heterocycles. The van der Waals surface area contributed by atoms with Crippen molar-refractivity contribution in [2.75, 3.05) is 27.2 Å². The lowest BCUT2D eigenvalue weighted by Crippen LogP contribution is -2.38. The van der Waals surface area contributed by atoms with Crippen LogP contribution in [0.4, 0.5) is 0 Å². The number of nitrogens with zero attached hydrogens (tertiary/aromatic N) is 2. The Morgan fingerprint density at radius 2 is 1.90 bits per heavy atom. The molecule has 0 bridgehead atoms. The number of aromatic amines is 1. The molecule has 3 aromatic rings. The summed E-state index contributed by atoms with van der Waals surface area (Å²) in [5.41, 5.74) is 4.52. The van der Waals surface area contributed by atoms with Gasteiger partial charge >= 0.3 is 0 Å². The number of aromatic nitrogens is 2. The van der Waals surface area contributed by atoms with Gasteiger partial charge in [0.05, 0.1) is 18.1 Å². The average Bonchev–Trinajstić information content (AvgIpc) is 3.13. The van der Waals surface area contributed by atoms with Crippen molar-refractivity contribution in [3.8, 4) is 5.75 Å². The van der Waals surface area contributed by atoms with Gasteiger partial charge in [0.15, 0.2) is 5.96 Å². The van der Waals surface area contributed by atoms with Crippen molar-refractivity contribution in [2.45, 2.75) is 26.2 Å². The van der Waals surface area contributed by atoms with Crippen LogP contribution in [0.3, 0.4) is 0 Å². The minimum Gasteiger partial charge on any atom is -0.496 e. The molecule has 0 aliphatic carbocycles. The number of rotatable bonds is 8. The van der Waals surface area contributed by atoms with Crippen LogP contribution in [0.2, 0.25) is 0 Å². The Bertz CT molecular complexity index is 905. The first-order chi connectivity index (χ1) is 13.7. The number of benzene rings is 2. The van der Waals surface area contributed by atoms with E-state index in [0.717, 1.165) is 66.5 Å². The molecular formula is C22H30IN5O. The van der Waals surface area contributed by atoms with Gasteiger partial charge in [-0.2, -0.15) is 0 Å². The third kappa shape index (κ3) is 6.62. The van der Waals surface area contributed by atoms with Crippen molar-refractivity contribution in [3.63, 3.8) is 0 Å². The molecule has 29 heavy (non-hydrogen) atoms. The lowest BCUT2D eigenvalue weighted by Gasteiger charge is -2.12. The van der Waals surface area contributed by atoms with Gasteiger partial charge in [-0.1, -0.05) is 24.3 Å². The minimum atomic E-state index is 0. The molecule has 0 saturated heterocycles. The summed E-state index contributed by atoms with van der Waals surface area (Å²) in [6.45, 7) is 3.71. The van der Waals surface area contributed by atoms with Crippen LogP contribution in [-0.2, 0) is 12.8 Å². The van der Waals surface area contributed by atoms with Crippen molar-refractivity contribution < 1.29 is 4.74 Å². The fourth-order valence-corrected chi connectivity index (χ4v) is 3.15. The highest BCUT2D eigenvalue weighted by molar-refractivity contribution is 14.0. The van der Waals surface area contributed by atoms with Crippen LogP contribution < -0.4 is 15.4 Å². The number of imidazole rings is 1. The summed E-state index contributed by atoms with van der Waals surface area (Å²) in [7, 11) is 3.50. The van der Waals surface area contributed by atoms with Crippen LogP contribution in [0.1, 0.15) is 23.4 Å². The number of ether oxygens (including phenoxy) is 1. The monoisotopic (exact) mass is 507 g/mol. The van der Waals surface area contributed by atoms with E-state index in [1.165, 1.54) is 5.56 Å². The number of aryl methyl sites for hydroxylation is 2. The lowest BCUT2D eigenvalue weighted by atomic mass is 10.1. The summed E-state index contributed by atoms with van der Waals surface area (Å²) in [6.07, 6.45) is 2.80. The minimum absolute atomic E-state index is 0. The number of nitrogens with one attached hydrogen (secondary N) is 3. The number of fused-ring (bicyclic) bond motifs is 1. The summed E-state index contributed by atoms with van der Waals surface area (Å²) in [6, 6.07) is 14.5. The summed E-state index contributed by atoms with van der Waals surface area (Å²) in [5.74, 6) is 2.79. The van der Waals surface area contributed by atoms with Gasteiger partial charge in [-0.3, -0.25) is 4.99 Å². The molecule has 0 spiro atoms. The maximum atomic E-state index is 5.39. The Balaban J connectivity index is 0.00000300. The summed E-state index contributed by atoms with van der Waals surface area (Å²) < 4.78 is 5.39. The van der Waals surface area contributed by atoms with Gasteiger partial charge < -0.3 is 20.4 Å². The second-order valence-corrected chi connectivity index (χ2v) is 6.78. The zero-order valence-corrected chi connectivity index (χ0v) is 19.6. The van der Waals surface area contributed by atoms with Gasteiger partial charge in [-0.15, -0.1) is 24.0 Å². The molecular weight excluding hydrogens is 477 g/mol. The molecule has 0 unspecified atom stereocenters. The van der Waals surface area contributed by atoms with E-state index in [2.05, 4.69) is 56.8 Å². The van der Waals surface area contributed by atoms with E-state index in [1.54, 1.807) is 14.2 Å². The molecule has 0 fully saturated rings. The van der Waals surface area contributed by atoms with Crippen molar-refractivity contribution in [3.05, 3.63) is 59.4 Å². The number of methoxy groups -OCH3 is 1. The predicted octanol–water partition coefficient (Wildman–Crippen LogP) is 3.84. The number of aliphatic imine (C=N–C) groups is 1. The number of halogens is 1. The smallest absolute Gasteiger partial charge is 0.190 e. The molecule has 156 valence electrons. The highest BCUT2D eigenvalue weighted by Gasteiger charge is 2.04. The summed E-state index contributed by atoms with van der Waals surface area (Å²) in [5, 5.41) is 6.73. The molecule has 0 aliphatic heterocycles. The van der Waals surface area contributed by atoms with E-state index in [4.69, 9.17) is 4.74 Å². The molecule has 0 amide bonds.